The number of likely N-dealkylation sites (tertiary alicyclic amines) is 1. The van der Waals surface area contributed by atoms with Gasteiger partial charge in [0.15, 0.2) is 5.76 Å². The molecule has 1 unspecified atom stereocenters. The Morgan fingerprint density at radius 1 is 1.11 bits per heavy atom. The van der Waals surface area contributed by atoms with Gasteiger partial charge in [0.05, 0.1) is 12.8 Å². The second-order valence-corrected chi connectivity index (χ2v) is 8.01. The second kappa shape index (κ2) is 6.90. The molecule has 1 aliphatic heterocycles. The second-order valence-electron chi connectivity index (χ2n) is 8.01. The summed E-state index contributed by atoms with van der Waals surface area (Å²) in [7, 11) is 0. The summed E-state index contributed by atoms with van der Waals surface area (Å²) >= 11 is 0. The van der Waals surface area contributed by atoms with Crippen molar-refractivity contribution in [1.29, 1.82) is 0 Å². The minimum atomic E-state index is 0.0405. The fourth-order valence-electron chi connectivity index (χ4n) is 4.46. The number of hydrogen-bond acceptors (Lipinski definition) is 3. The van der Waals surface area contributed by atoms with E-state index < -0.39 is 0 Å². The average Bonchev–Trinajstić information content (AvgIpc) is 3.50. The van der Waals surface area contributed by atoms with Crippen LogP contribution in [0.4, 0.5) is 0 Å². The molecule has 2 saturated carbocycles. The Morgan fingerprint density at radius 2 is 1.89 bits per heavy atom. The van der Waals surface area contributed by atoms with Crippen LogP contribution in [0.2, 0.25) is 0 Å². The van der Waals surface area contributed by atoms with Crippen molar-refractivity contribution in [3.8, 4) is 11.8 Å². The topological polar surface area (TPSA) is 36.7 Å². The van der Waals surface area contributed by atoms with Crippen LogP contribution in [-0.4, -0.2) is 47.9 Å². The van der Waals surface area contributed by atoms with Crippen LogP contribution in [0.15, 0.2) is 53.1 Å². The van der Waals surface area contributed by atoms with Gasteiger partial charge in [0.2, 0.25) is 0 Å². The van der Waals surface area contributed by atoms with E-state index in [1.807, 2.05) is 23.1 Å². The van der Waals surface area contributed by atoms with Crippen molar-refractivity contribution in [2.45, 2.75) is 18.9 Å². The van der Waals surface area contributed by atoms with E-state index in [1.165, 1.54) is 12.8 Å². The molecule has 2 aromatic rings. The maximum absolute atomic E-state index is 12.4. The van der Waals surface area contributed by atoms with Crippen molar-refractivity contribution in [2.24, 2.45) is 17.8 Å². The summed E-state index contributed by atoms with van der Waals surface area (Å²) in [4.78, 5) is 16.9. The molecule has 0 N–H and O–H groups in total. The van der Waals surface area contributed by atoms with Crippen LogP contribution in [0.1, 0.15) is 29.0 Å². The molecule has 27 heavy (non-hydrogen) atoms. The van der Waals surface area contributed by atoms with Crippen LogP contribution in [0, 0.1) is 29.6 Å². The van der Waals surface area contributed by atoms with Crippen molar-refractivity contribution < 1.29 is 9.21 Å². The summed E-state index contributed by atoms with van der Waals surface area (Å²) in [5.41, 5.74) is 1.09. The van der Waals surface area contributed by atoms with Gasteiger partial charge >= 0.3 is 0 Å². The zero-order chi connectivity index (χ0) is 18.2. The monoisotopic (exact) mass is 360 g/mol. The molecule has 1 aromatic carbocycles. The van der Waals surface area contributed by atoms with Crippen molar-refractivity contribution in [3.05, 3.63) is 60.1 Å². The van der Waals surface area contributed by atoms with Crippen LogP contribution in [0.25, 0.3) is 0 Å². The molecule has 0 bridgehead atoms. The highest BCUT2D eigenvalue weighted by Crippen LogP contribution is 2.52. The van der Waals surface area contributed by atoms with E-state index in [4.69, 9.17) is 4.42 Å². The lowest BCUT2D eigenvalue weighted by Gasteiger charge is -2.23. The number of benzene rings is 1. The predicted octanol–water partition coefficient (Wildman–Crippen LogP) is 3.11. The molecule has 3 fully saturated rings. The van der Waals surface area contributed by atoms with E-state index >= 15 is 0 Å². The van der Waals surface area contributed by atoms with Gasteiger partial charge in [0.1, 0.15) is 0 Å². The molecule has 2 aliphatic carbocycles. The molecule has 3 aliphatic rings. The molecule has 0 spiro atoms. The zero-order valence-corrected chi connectivity index (χ0v) is 15.4. The number of piperidine rings is 1. The van der Waals surface area contributed by atoms with Crippen LogP contribution in [0.5, 0.6) is 0 Å². The molecule has 1 amide bonds. The third-order valence-corrected chi connectivity index (χ3v) is 6.19. The number of furan rings is 1. The van der Waals surface area contributed by atoms with Crippen LogP contribution < -0.4 is 0 Å². The SMILES string of the molecule is O=C(c1ccco1)N1C[C@@H]2C(CN(CC#Cc3ccccc3)C3CC3)[C@@H]2C1. The van der Waals surface area contributed by atoms with Crippen molar-refractivity contribution in [2.75, 3.05) is 26.2 Å². The lowest BCUT2D eigenvalue weighted by atomic mass is 10.2. The van der Waals surface area contributed by atoms with Gasteiger partial charge in [-0.2, -0.15) is 0 Å². The molecule has 3 atom stereocenters. The van der Waals surface area contributed by atoms with E-state index in [9.17, 15) is 4.79 Å². The number of hydrogen-bond donors (Lipinski definition) is 0. The van der Waals surface area contributed by atoms with E-state index in [0.717, 1.165) is 43.7 Å². The average molecular weight is 360 g/mol. The number of amides is 1. The van der Waals surface area contributed by atoms with Gasteiger partial charge in [-0.3, -0.25) is 9.69 Å². The molecule has 138 valence electrons. The van der Waals surface area contributed by atoms with Gasteiger partial charge in [0, 0.05) is 31.2 Å². The van der Waals surface area contributed by atoms with Crippen molar-refractivity contribution in [1.82, 2.24) is 9.80 Å². The first-order valence-corrected chi connectivity index (χ1v) is 9.90. The molecule has 0 radical (unpaired) electrons. The first-order valence-electron chi connectivity index (χ1n) is 9.90. The Hall–Kier alpha value is -2.51. The number of nitrogens with zero attached hydrogens (tertiary/aromatic N) is 2. The fourth-order valence-corrected chi connectivity index (χ4v) is 4.46. The molecule has 1 saturated heterocycles. The third kappa shape index (κ3) is 3.52. The maximum atomic E-state index is 12.4. The minimum Gasteiger partial charge on any atom is -0.459 e. The summed E-state index contributed by atoms with van der Waals surface area (Å²) in [6.45, 7) is 3.74. The summed E-state index contributed by atoms with van der Waals surface area (Å²) in [5.74, 6) is 9.20. The minimum absolute atomic E-state index is 0.0405. The number of rotatable bonds is 5. The molecular weight excluding hydrogens is 336 g/mol. The molecule has 2 heterocycles. The molecule has 4 heteroatoms. The summed E-state index contributed by atoms with van der Waals surface area (Å²) < 4.78 is 5.26. The van der Waals surface area contributed by atoms with Gasteiger partial charge < -0.3 is 9.32 Å². The summed E-state index contributed by atoms with van der Waals surface area (Å²) in [6, 6.07) is 14.5. The first kappa shape index (κ1) is 16.6. The Labute approximate surface area is 160 Å². The lowest BCUT2D eigenvalue weighted by molar-refractivity contribution is 0.0731. The highest BCUT2D eigenvalue weighted by Gasteiger charge is 2.57. The maximum Gasteiger partial charge on any atom is 0.289 e. The number of carbonyl (C=O) groups is 1. The van der Waals surface area contributed by atoms with Crippen molar-refractivity contribution in [3.63, 3.8) is 0 Å². The van der Waals surface area contributed by atoms with Crippen molar-refractivity contribution >= 4 is 5.91 Å². The molecule has 5 rings (SSSR count). The quantitative estimate of drug-likeness (QED) is 0.769. The summed E-state index contributed by atoms with van der Waals surface area (Å²) in [6.07, 6.45) is 4.17. The number of carbonyl (C=O) groups excluding carboxylic acids is 1. The smallest absolute Gasteiger partial charge is 0.289 e. The Bertz CT molecular complexity index is 849. The van der Waals surface area contributed by atoms with Gasteiger partial charge in [-0.25, -0.2) is 0 Å². The van der Waals surface area contributed by atoms with Gasteiger partial charge in [-0.1, -0.05) is 30.0 Å². The van der Waals surface area contributed by atoms with Crippen LogP contribution in [-0.2, 0) is 0 Å². The van der Waals surface area contributed by atoms with Gasteiger partial charge in [0.25, 0.3) is 5.91 Å². The normalized spacial score (nSPS) is 25.8. The van der Waals surface area contributed by atoms with Gasteiger partial charge in [-0.15, -0.1) is 0 Å². The fraction of sp³-hybridized carbons (Fsp3) is 0.435. The van der Waals surface area contributed by atoms with Crippen LogP contribution in [0.3, 0.4) is 0 Å². The Kier molecular flexibility index (Phi) is 4.26. The lowest BCUT2D eigenvalue weighted by Crippen LogP contribution is -2.35. The third-order valence-electron chi connectivity index (χ3n) is 6.19. The molecule has 1 aromatic heterocycles. The highest BCUT2D eigenvalue weighted by molar-refractivity contribution is 5.91. The number of fused-ring (bicyclic) bond motifs is 1. The van der Waals surface area contributed by atoms with E-state index in [0.29, 0.717) is 17.6 Å². The zero-order valence-electron chi connectivity index (χ0n) is 15.4. The van der Waals surface area contributed by atoms with E-state index in [2.05, 4.69) is 28.9 Å². The molecular formula is C23H24N2O2. The predicted molar refractivity (Wildman–Crippen MR) is 103 cm³/mol. The highest BCUT2D eigenvalue weighted by atomic mass is 16.3. The first-order chi connectivity index (χ1) is 13.3. The Morgan fingerprint density at radius 3 is 2.56 bits per heavy atom. The standard InChI is InChI=1S/C23H24N2O2/c26-23(22-9-5-13-27-22)25-15-20-19(21(20)16-25)14-24(18-10-11-18)12-4-8-17-6-2-1-3-7-17/h1-3,5-7,9,13,18-21H,10-12,14-16H2/t19?,20-,21+. The molecule has 4 nitrogen and oxygen atoms in total. The summed E-state index contributed by atoms with van der Waals surface area (Å²) in [5, 5.41) is 0. The Balaban J connectivity index is 1.15. The van der Waals surface area contributed by atoms with Crippen LogP contribution >= 0.6 is 0 Å². The largest absolute Gasteiger partial charge is 0.459 e. The van der Waals surface area contributed by atoms with E-state index in [-0.39, 0.29) is 5.91 Å². The van der Waals surface area contributed by atoms with Gasteiger partial charge in [-0.05, 0) is 54.9 Å². The van der Waals surface area contributed by atoms with E-state index in [1.54, 1.807) is 18.4 Å².